The molecule has 2 saturated heterocycles. The van der Waals surface area contributed by atoms with E-state index in [1.807, 2.05) is 18.2 Å². The number of amides is 1. The minimum Gasteiger partial charge on any atom is -0.465 e. The van der Waals surface area contributed by atoms with Gasteiger partial charge in [0, 0.05) is 41.4 Å². The molecular weight excluding hydrogens is 404 g/mol. The second-order valence-electron chi connectivity index (χ2n) is 7.39. The van der Waals surface area contributed by atoms with Gasteiger partial charge in [0.25, 0.3) is 0 Å². The van der Waals surface area contributed by atoms with E-state index in [9.17, 15) is 4.79 Å². The van der Waals surface area contributed by atoms with Crippen molar-refractivity contribution in [1.29, 1.82) is 0 Å². The number of nitrogens with one attached hydrogen (secondary N) is 2. The van der Waals surface area contributed by atoms with Gasteiger partial charge in [-0.2, -0.15) is 0 Å². The molecule has 0 saturated carbocycles. The van der Waals surface area contributed by atoms with E-state index < -0.39 is 6.09 Å². The first-order valence-corrected chi connectivity index (χ1v) is 10.7. The van der Waals surface area contributed by atoms with E-state index in [4.69, 9.17) is 14.6 Å². The number of carboxylic acid groups (broad SMARTS) is 1. The van der Waals surface area contributed by atoms with Gasteiger partial charge in [-0.15, -0.1) is 0 Å². The third-order valence-electron chi connectivity index (χ3n) is 5.46. The molecule has 8 nitrogen and oxygen atoms in total. The number of carbonyl (C=O) groups is 1. The van der Waals surface area contributed by atoms with Crippen molar-refractivity contribution in [2.24, 2.45) is 0 Å². The molecule has 2 aliphatic rings. The highest BCUT2D eigenvalue weighted by Gasteiger charge is 2.39. The maximum Gasteiger partial charge on any atom is 0.411 e. The summed E-state index contributed by atoms with van der Waals surface area (Å²) in [6.07, 6.45) is 0.648. The van der Waals surface area contributed by atoms with Crippen molar-refractivity contribution in [1.82, 2.24) is 9.97 Å². The van der Waals surface area contributed by atoms with Crippen LogP contribution in [0.2, 0.25) is 0 Å². The molecule has 1 spiro atoms. The van der Waals surface area contributed by atoms with Crippen molar-refractivity contribution >= 4 is 40.5 Å². The summed E-state index contributed by atoms with van der Waals surface area (Å²) in [7, 11) is 0. The number of hydrogen-bond acceptors (Lipinski definition) is 6. The number of anilines is 2. The molecule has 0 unspecified atom stereocenters. The van der Waals surface area contributed by atoms with Crippen LogP contribution in [-0.2, 0) is 9.47 Å². The quantitative estimate of drug-likeness (QED) is 0.576. The SMILES string of the molecule is O=C(O)Nc1nc2ccc(Sc3ccc(N4CCC5(CC4)OCCO5)cc3)cc2[nH]1. The van der Waals surface area contributed by atoms with Crippen LogP contribution in [0.3, 0.4) is 0 Å². The van der Waals surface area contributed by atoms with Gasteiger partial charge >= 0.3 is 6.09 Å². The Morgan fingerprint density at radius 3 is 2.50 bits per heavy atom. The van der Waals surface area contributed by atoms with Gasteiger partial charge in [0.05, 0.1) is 24.2 Å². The number of fused-ring (bicyclic) bond motifs is 1. The van der Waals surface area contributed by atoms with Gasteiger partial charge in [-0.1, -0.05) is 11.8 Å². The Morgan fingerprint density at radius 2 is 1.80 bits per heavy atom. The topological polar surface area (TPSA) is 99.7 Å². The third-order valence-corrected chi connectivity index (χ3v) is 6.45. The summed E-state index contributed by atoms with van der Waals surface area (Å²) in [5.74, 6) is -0.127. The highest BCUT2D eigenvalue weighted by atomic mass is 32.2. The minimum absolute atomic E-state index is 0.223. The molecule has 0 atom stereocenters. The zero-order chi connectivity index (χ0) is 20.6. The molecule has 3 heterocycles. The summed E-state index contributed by atoms with van der Waals surface area (Å²) >= 11 is 1.65. The summed E-state index contributed by atoms with van der Waals surface area (Å²) in [5, 5.41) is 11.1. The van der Waals surface area contributed by atoms with Crippen LogP contribution in [0.4, 0.5) is 16.4 Å². The maximum absolute atomic E-state index is 10.8. The minimum atomic E-state index is -1.14. The molecule has 156 valence electrons. The Balaban J connectivity index is 1.24. The summed E-state index contributed by atoms with van der Waals surface area (Å²) in [5.41, 5.74) is 2.72. The molecule has 1 amide bonds. The molecule has 0 bridgehead atoms. The van der Waals surface area contributed by atoms with Crippen LogP contribution in [0.5, 0.6) is 0 Å². The van der Waals surface area contributed by atoms with Gasteiger partial charge in [0.2, 0.25) is 5.95 Å². The van der Waals surface area contributed by atoms with E-state index in [-0.39, 0.29) is 11.7 Å². The molecule has 1 aromatic heterocycles. The molecule has 0 aliphatic carbocycles. The molecule has 3 aromatic rings. The smallest absolute Gasteiger partial charge is 0.411 e. The molecule has 2 fully saturated rings. The van der Waals surface area contributed by atoms with E-state index in [1.54, 1.807) is 11.8 Å². The zero-order valence-corrected chi connectivity index (χ0v) is 17.1. The number of nitrogens with zero attached hydrogens (tertiary/aromatic N) is 2. The van der Waals surface area contributed by atoms with Gasteiger partial charge in [0.15, 0.2) is 5.79 Å². The van der Waals surface area contributed by atoms with Crippen molar-refractivity contribution in [2.45, 2.75) is 28.4 Å². The summed E-state index contributed by atoms with van der Waals surface area (Å²) < 4.78 is 11.6. The second kappa shape index (κ2) is 7.82. The second-order valence-corrected chi connectivity index (χ2v) is 8.53. The van der Waals surface area contributed by atoms with Crippen LogP contribution >= 0.6 is 11.8 Å². The highest BCUT2D eigenvalue weighted by molar-refractivity contribution is 7.99. The number of ether oxygens (including phenoxy) is 2. The lowest BCUT2D eigenvalue weighted by Crippen LogP contribution is -2.45. The highest BCUT2D eigenvalue weighted by Crippen LogP contribution is 2.35. The van der Waals surface area contributed by atoms with Crippen LogP contribution in [0.15, 0.2) is 52.3 Å². The lowest BCUT2D eigenvalue weighted by molar-refractivity contribution is -0.169. The van der Waals surface area contributed by atoms with Gasteiger partial charge in [0.1, 0.15) is 0 Å². The molecular formula is C21H22N4O4S. The fourth-order valence-electron chi connectivity index (χ4n) is 3.97. The van der Waals surface area contributed by atoms with Crippen molar-refractivity contribution in [3.05, 3.63) is 42.5 Å². The van der Waals surface area contributed by atoms with Crippen LogP contribution < -0.4 is 10.2 Å². The fourth-order valence-corrected chi connectivity index (χ4v) is 4.82. The summed E-state index contributed by atoms with van der Waals surface area (Å²) in [6, 6.07) is 14.4. The molecule has 5 rings (SSSR count). The standard InChI is InChI=1S/C21H22N4O4S/c26-20(27)24-19-22-17-6-5-16(13-18(17)23-19)30-15-3-1-14(2-4-15)25-9-7-21(8-10-25)28-11-12-29-21/h1-6,13H,7-12H2,(H,26,27)(H2,22,23,24). The number of benzene rings is 2. The maximum atomic E-state index is 10.8. The number of rotatable bonds is 4. The average Bonchev–Trinajstić information content (AvgIpc) is 3.35. The van der Waals surface area contributed by atoms with Gasteiger partial charge in [-0.05, 0) is 42.5 Å². The first kappa shape index (κ1) is 19.2. The lowest BCUT2D eigenvalue weighted by Gasteiger charge is -2.38. The van der Waals surface area contributed by atoms with E-state index in [0.717, 1.165) is 46.8 Å². The van der Waals surface area contributed by atoms with E-state index in [0.29, 0.717) is 13.2 Å². The van der Waals surface area contributed by atoms with Gasteiger partial charge in [-0.3, -0.25) is 5.32 Å². The first-order chi connectivity index (χ1) is 14.6. The third kappa shape index (κ3) is 3.96. The zero-order valence-electron chi connectivity index (χ0n) is 16.3. The van der Waals surface area contributed by atoms with Gasteiger partial charge in [-0.25, -0.2) is 9.78 Å². The predicted octanol–water partition coefficient (Wildman–Crippen LogP) is 4.15. The van der Waals surface area contributed by atoms with Gasteiger partial charge < -0.3 is 24.5 Å². The van der Waals surface area contributed by atoms with Crippen LogP contribution in [0.1, 0.15) is 12.8 Å². The van der Waals surface area contributed by atoms with Crippen molar-refractivity contribution in [3.8, 4) is 0 Å². The number of imidazole rings is 1. The molecule has 0 radical (unpaired) electrons. The largest absolute Gasteiger partial charge is 0.465 e. The Bertz CT molecular complexity index is 1050. The predicted molar refractivity (Wildman–Crippen MR) is 114 cm³/mol. The van der Waals surface area contributed by atoms with Crippen LogP contribution in [0, 0.1) is 0 Å². The molecule has 2 aromatic carbocycles. The number of aromatic amines is 1. The Morgan fingerprint density at radius 1 is 1.10 bits per heavy atom. The molecule has 9 heteroatoms. The number of hydrogen-bond donors (Lipinski definition) is 3. The van der Waals surface area contributed by atoms with E-state index in [2.05, 4.69) is 44.5 Å². The number of piperidine rings is 1. The van der Waals surface area contributed by atoms with Crippen molar-refractivity contribution in [2.75, 3.05) is 36.5 Å². The fraction of sp³-hybridized carbons (Fsp3) is 0.333. The Hall–Kier alpha value is -2.75. The van der Waals surface area contributed by atoms with Crippen LogP contribution in [0.25, 0.3) is 11.0 Å². The number of H-pyrrole nitrogens is 1. The monoisotopic (exact) mass is 426 g/mol. The van der Waals surface area contributed by atoms with Crippen molar-refractivity contribution < 1.29 is 19.4 Å². The first-order valence-electron chi connectivity index (χ1n) is 9.89. The summed E-state index contributed by atoms with van der Waals surface area (Å²) in [4.78, 5) is 22.5. The van der Waals surface area contributed by atoms with Crippen LogP contribution in [-0.4, -0.2) is 53.3 Å². The molecule has 3 N–H and O–H groups in total. The molecule has 30 heavy (non-hydrogen) atoms. The average molecular weight is 426 g/mol. The van der Waals surface area contributed by atoms with E-state index in [1.165, 1.54) is 5.69 Å². The summed E-state index contributed by atoms with van der Waals surface area (Å²) in [6.45, 7) is 3.26. The Labute approximate surface area is 177 Å². The normalized spacial score (nSPS) is 18.2. The molecule has 2 aliphatic heterocycles. The van der Waals surface area contributed by atoms with E-state index >= 15 is 0 Å². The van der Waals surface area contributed by atoms with Crippen molar-refractivity contribution in [3.63, 3.8) is 0 Å². The number of aromatic nitrogens is 2. The Kier molecular flexibility index (Phi) is 5.01. The lowest BCUT2D eigenvalue weighted by atomic mass is 10.0.